The highest BCUT2D eigenvalue weighted by Crippen LogP contribution is 2.58. The van der Waals surface area contributed by atoms with E-state index in [9.17, 15) is 0 Å². The Morgan fingerprint density at radius 2 is 0.443 bits per heavy atom. The fourth-order valence-electron chi connectivity index (χ4n) is 12.1. The third-order valence-electron chi connectivity index (χ3n) is 15.2. The molecule has 0 radical (unpaired) electrons. The Labute approximate surface area is 408 Å². The van der Waals surface area contributed by atoms with Crippen LogP contribution in [0.5, 0.6) is 0 Å². The fourth-order valence-corrected chi connectivity index (χ4v) is 12.1. The molecule has 2 aliphatic rings. The van der Waals surface area contributed by atoms with Crippen molar-refractivity contribution in [3.63, 3.8) is 0 Å². The van der Waals surface area contributed by atoms with E-state index in [0.29, 0.717) is 8.97 Å². The van der Waals surface area contributed by atoms with E-state index in [-0.39, 0.29) is 0 Å². The molecule has 2 aliphatic carbocycles. The zero-order valence-corrected chi connectivity index (χ0v) is 38.5. The quantitative estimate of drug-likeness (QED) is 0.127. The molecular formula is C68H46N2+2. The minimum atomic E-state index is 0.426. The molecule has 12 aromatic carbocycles. The second-order valence-corrected chi connectivity index (χ2v) is 18.7. The average Bonchev–Trinajstić information content (AvgIpc) is 3.94. The van der Waals surface area contributed by atoms with Gasteiger partial charge in [-0.25, -0.2) is 0 Å². The van der Waals surface area contributed by atoms with Crippen molar-refractivity contribution in [3.05, 3.63) is 279 Å². The van der Waals surface area contributed by atoms with E-state index < -0.39 is 0 Å². The molecule has 0 amide bonds. The van der Waals surface area contributed by atoms with Crippen LogP contribution in [-0.4, -0.2) is 0 Å². The monoisotopic (exact) mass is 890 g/mol. The van der Waals surface area contributed by atoms with Crippen LogP contribution in [0.25, 0.3) is 77.2 Å². The van der Waals surface area contributed by atoms with Gasteiger partial charge in [0, 0.05) is 97.1 Å². The number of quaternary nitrogens is 2. The Hall–Kier alpha value is -8.92. The summed E-state index contributed by atoms with van der Waals surface area (Å²) in [6.07, 6.45) is 0. The summed E-state index contributed by atoms with van der Waals surface area (Å²) in [5, 5.41) is 5.23. The number of para-hydroxylation sites is 4. The SMILES string of the molecule is c1ccc([N+](c2ccccc2)(c2ccc(-c3ccc([N+](c4ccccc4)(c4ccccc4)c4ccc5c(c4)-c4cccc6cccc-5c46)cc3)cc2)c2ccc3c(c2)-c2cccc4cccc-3c24)cc1. The Morgan fingerprint density at radius 1 is 0.171 bits per heavy atom. The van der Waals surface area contributed by atoms with Crippen molar-refractivity contribution in [3.8, 4) is 55.6 Å². The van der Waals surface area contributed by atoms with Gasteiger partial charge in [-0.1, -0.05) is 146 Å². The van der Waals surface area contributed by atoms with Crippen molar-refractivity contribution in [1.82, 2.24) is 8.97 Å². The molecule has 2 heteroatoms. The van der Waals surface area contributed by atoms with Gasteiger partial charge in [0.2, 0.25) is 0 Å². The van der Waals surface area contributed by atoms with Gasteiger partial charge in [0.25, 0.3) is 0 Å². The number of hydrogen-bond donors (Lipinski definition) is 0. The van der Waals surface area contributed by atoms with Crippen LogP contribution in [0.2, 0.25) is 0 Å². The molecule has 0 saturated heterocycles. The van der Waals surface area contributed by atoms with E-state index in [0.717, 1.165) is 22.5 Å². The number of benzene rings is 12. The van der Waals surface area contributed by atoms with Gasteiger partial charge in [0.1, 0.15) is 45.5 Å². The maximum atomic E-state index is 2.45. The fraction of sp³-hybridized carbons (Fsp3) is 0. The first kappa shape index (κ1) is 40.2. The zero-order valence-electron chi connectivity index (χ0n) is 38.5. The topological polar surface area (TPSA) is 0 Å². The maximum Gasteiger partial charge on any atom is 0.148 e. The summed E-state index contributed by atoms with van der Waals surface area (Å²) in [5.74, 6) is 0. The van der Waals surface area contributed by atoms with E-state index in [4.69, 9.17) is 0 Å². The lowest BCUT2D eigenvalue weighted by Crippen LogP contribution is -2.33. The molecule has 0 saturated carbocycles. The van der Waals surface area contributed by atoms with Crippen LogP contribution in [-0.2, 0) is 0 Å². The molecule has 12 aromatic rings. The van der Waals surface area contributed by atoms with Crippen molar-refractivity contribution in [1.29, 1.82) is 0 Å². The summed E-state index contributed by atoms with van der Waals surface area (Å²) in [6, 6.07) is 104. The van der Waals surface area contributed by atoms with E-state index in [1.54, 1.807) is 0 Å². The highest BCUT2D eigenvalue weighted by atomic mass is 15.4. The molecule has 2 nitrogen and oxygen atoms in total. The van der Waals surface area contributed by atoms with E-state index in [1.165, 1.54) is 100 Å². The van der Waals surface area contributed by atoms with Crippen LogP contribution < -0.4 is 8.97 Å². The Bertz CT molecular complexity index is 3600. The standard InChI is InChI=1S/C68H46N2/c1-5-21-51(22-6-1)69(52-23-7-2-8-24-52,57-41-43-59-61-29-13-17-49-19-15-31-63(67(49)61)65(59)45-57)55-37-33-47(34-38-55)48-35-39-56(40-36-48)70(53-25-9-3-10-26-53,54-27-11-4-12-28-54)58-42-44-60-62-30-14-18-50-20-16-32-64(68(50)62)66(60)46-58/h1-46H/q+2. The van der Waals surface area contributed by atoms with Crippen molar-refractivity contribution in [2.75, 3.05) is 0 Å². The van der Waals surface area contributed by atoms with Crippen molar-refractivity contribution in [2.24, 2.45) is 0 Å². The average molecular weight is 891 g/mol. The first-order chi connectivity index (χ1) is 34.7. The van der Waals surface area contributed by atoms with Gasteiger partial charge in [0.15, 0.2) is 0 Å². The largest absolute Gasteiger partial charge is 0.194 e. The lowest BCUT2D eigenvalue weighted by Gasteiger charge is -2.37. The van der Waals surface area contributed by atoms with Crippen LogP contribution in [0.4, 0.5) is 45.5 Å². The second-order valence-electron chi connectivity index (χ2n) is 18.7. The van der Waals surface area contributed by atoms with Crippen LogP contribution >= 0.6 is 0 Å². The number of nitrogens with zero attached hydrogens (tertiary/aromatic N) is 2. The van der Waals surface area contributed by atoms with Crippen LogP contribution in [0.1, 0.15) is 0 Å². The van der Waals surface area contributed by atoms with E-state index >= 15 is 0 Å². The molecule has 0 aliphatic heterocycles. The first-order valence-electron chi connectivity index (χ1n) is 24.3. The predicted octanol–water partition coefficient (Wildman–Crippen LogP) is 19.6. The molecule has 0 heterocycles. The van der Waals surface area contributed by atoms with Gasteiger partial charge >= 0.3 is 0 Å². The molecule has 0 N–H and O–H groups in total. The first-order valence-corrected chi connectivity index (χ1v) is 24.3. The molecular weight excluding hydrogens is 845 g/mol. The van der Waals surface area contributed by atoms with Crippen LogP contribution in [0, 0.1) is 0 Å². The molecule has 0 atom stereocenters. The summed E-state index contributed by atoms with van der Waals surface area (Å²) in [6.45, 7) is 0. The summed E-state index contributed by atoms with van der Waals surface area (Å²) in [4.78, 5) is 0. The van der Waals surface area contributed by atoms with Gasteiger partial charge < -0.3 is 0 Å². The van der Waals surface area contributed by atoms with Gasteiger partial charge in [-0.05, 0) is 114 Å². The second kappa shape index (κ2) is 15.8. The maximum absolute atomic E-state index is 2.45. The molecule has 0 bridgehead atoms. The van der Waals surface area contributed by atoms with Gasteiger partial charge in [-0.15, -0.1) is 0 Å². The Morgan fingerprint density at radius 3 is 0.757 bits per heavy atom. The molecule has 0 spiro atoms. The van der Waals surface area contributed by atoms with Crippen molar-refractivity contribution >= 4 is 67.0 Å². The number of fused-ring (bicyclic) bond motifs is 6. The molecule has 70 heavy (non-hydrogen) atoms. The van der Waals surface area contributed by atoms with Gasteiger partial charge in [0.05, 0.1) is 0 Å². The van der Waals surface area contributed by atoms with E-state index in [2.05, 4.69) is 279 Å². The van der Waals surface area contributed by atoms with Crippen molar-refractivity contribution < 1.29 is 0 Å². The molecule has 326 valence electrons. The lowest BCUT2D eigenvalue weighted by atomic mass is 9.98. The zero-order chi connectivity index (χ0) is 46.2. The summed E-state index contributed by atoms with van der Waals surface area (Å²) in [7, 11) is 0. The minimum absolute atomic E-state index is 0.426. The van der Waals surface area contributed by atoms with Crippen LogP contribution in [0.15, 0.2) is 279 Å². The number of hydrogen-bond acceptors (Lipinski definition) is 0. The van der Waals surface area contributed by atoms with Gasteiger partial charge in [-0.3, -0.25) is 0 Å². The van der Waals surface area contributed by atoms with Crippen molar-refractivity contribution in [2.45, 2.75) is 0 Å². The van der Waals surface area contributed by atoms with Gasteiger partial charge in [-0.2, -0.15) is 8.97 Å². The predicted molar refractivity (Wildman–Crippen MR) is 296 cm³/mol. The third kappa shape index (κ3) is 5.82. The molecule has 14 rings (SSSR count). The minimum Gasteiger partial charge on any atom is -0.194 e. The summed E-state index contributed by atoms with van der Waals surface area (Å²) < 4.78 is 0.851. The third-order valence-corrected chi connectivity index (χ3v) is 15.2. The number of rotatable bonds is 9. The molecule has 0 aromatic heterocycles. The molecule has 0 fully saturated rings. The van der Waals surface area contributed by atoms with E-state index in [1.807, 2.05) is 0 Å². The lowest BCUT2D eigenvalue weighted by molar-refractivity contribution is 0.704. The molecule has 0 unspecified atom stereocenters. The summed E-state index contributed by atoms with van der Waals surface area (Å²) in [5.41, 5.74) is 22.0. The normalized spacial score (nSPS) is 12.3. The Kier molecular flexibility index (Phi) is 9.09. The Balaban J connectivity index is 0.912. The van der Waals surface area contributed by atoms with Crippen LogP contribution in [0.3, 0.4) is 0 Å². The smallest absolute Gasteiger partial charge is 0.148 e. The summed E-state index contributed by atoms with van der Waals surface area (Å²) >= 11 is 0. The highest BCUT2D eigenvalue weighted by Gasteiger charge is 2.42. The highest BCUT2D eigenvalue weighted by molar-refractivity contribution is 6.17.